The molecule has 2 amide bonds. The Labute approximate surface area is 161 Å². The molecule has 0 radical (unpaired) electrons. The molecule has 0 saturated carbocycles. The predicted molar refractivity (Wildman–Crippen MR) is 111 cm³/mol. The molecule has 1 aromatic carbocycles. The van der Waals surface area contributed by atoms with Crippen LogP contribution >= 0.6 is 11.6 Å². The highest BCUT2D eigenvalue weighted by Gasteiger charge is 2.23. The Balaban J connectivity index is 1.56. The lowest BCUT2D eigenvalue weighted by molar-refractivity contribution is 0.208. The van der Waals surface area contributed by atoms with Crippen LogP contribution in [0.2, 0.25) is 24.7 Å². The van der Waals surface area contributed by atoms with E-state index in [0.717, 1.165) is 24.6 Å². The van der Waals surface area contributed by atoms with E-state index in [4.69, 9.17) is 11.6 Å². The van der Waals surface area contributed by atoms with Gasteiger partial charge in [-0.05, 0) is 24.3 Å². The van der Waals surface area contributed by atoms with E-state index in [-0.39, 0.29) is 6.03 Å². The van der Waals surface area contributed by atoms with Crippen molar-refractivity contribution in [3.8, 4) is 0 Å². The summed E-state index contributed by atoms with van der Waals surface area (Å²) in [6.07, 6.45) is 1.74. The average Bonchev–Trinajstić information content (AvgIpc) is 2.62. The number of nitrogens with zero attached hydrogens (tertiary/aromatic N) is 3. The number of hydrogen-bond acceptors (Lipinski definition) is 3. The molecule has 2 aromatic rings. The van der Waals surface area contributed by atoms with Gasteiger partial charge < -0.3 is 15.1 Å². The molecule has 0 bridgehead atoms. The maximum absolute atomic E-state index is 12.5. The smallest absolute Gasteiger partial charge is 0.321 e. The van der Waals surface area contributed by atoms with Crippen molar-refractivity contribution in [3.05, 3.63) is 47.6 Å². The third kappa shape index (κ3) is 4.37. The van der Waals surface area contributed by atoms with E-state index in [1.807, 2.05) is 29.2 Å². The van der Waals surface area contributed by atoms with Gasteiger partial charge in [-0.15, -0.1) is 0 Å². The van der Waals surface area contributed by atoms with Crippen molar-refractivity contribution in [2.24, 2.45) is 0 Å². The molecule has 1 aliphatic heterocycles. The Bertz CT molecular complexity index is 768. The largest absolute Gasteiger partial charge is 0.352 e. The van der Waals surface area contributed by atoms with Gasteiger partial charge in [0.25, 0.3) is 0 Å². The first-order valence-corrected chi connectivity index (χ1v) is 12.7. The lowest BCUT2D eigenvalue weighted by atomic mass is 10.3. The Morgan fingerprint density at radius 2 is 1.73 bits per heavy atom. The van der Waals surface area contributed by atoms with E-state index in [1.165, 1.54) is 5.19 Å². The summed E-state index contributed by atoms with van der Waals surface area (Å²) >= 11 is 6.21. The minimum absolute atomic E-state index is 0.0579. The van der Waals surface area contributed by atoms with Crippen LogP contribution in [0.5, 0.6) is 0 Å². The van der Waals surface area contributed by atoms with E-state index in [2.05, 4.69) is 47.0 Å². The minimum Gasteiger partial charge on any atom is -0.352 e. The molecule has 1 aliphatic rings. The molecular weight excluding hydrogens is 364 g/mol. The number of amides is 2. The van der Waals surface area contributed by atoms with Gasteiger partial charge in [0.15, 0.2) is 0 Å². The molecule has 0 aliphatic carbocycles. The van der Waals surface area contributed by atoms with E-state index in [1.54, 1.807) is 6.20 Å². The number of urea groups is 1. The van der Waals surface area contributed by atoms with Gasteiger partial charge in [-0.2, -0.15) is 0 Å². The quantitative estimate of drug-likeness (QED) is 0.816. The topological polar surface area (TPSA) is 48.5 Å². The molecule has 1 fully saturated rings. The fourth-order valence-corrected chi connectivity index (χ4v) is 4.40. The van der Waals surface area contributed by atoms with E-state index in [9.17, 15) is 4.79 Å². The Kier molecular flexibility index (Phi) is 5.53. The summed E-state index contributed by atoms with van der Waals surface area (Å²) < 4.78 is 0. The molecule has 1 aromatic heterocycles. The van der Waals surface area contributed by atoms with Crippen molar-refractivity contribution in [1.82, 2.24) is 9.88 Å². The number of carbonyl (C=O) groups excluding carboxylic acids is 1. The predicted octanol–water partition coefficient (Wildman–Crippen LogP) is 3.63. The summed E-state index contributed by atoms with van der Waals surface area (Å²) in [5.41, 5.74) is 0.840. The second-order valence-corrected chi connectivity index (χ2v) is 13.0. The van der Waals surface area contributed by atoms with Crippen LogP contribution in [0.15, 0.2) is 42.6 Å². The zero-order valence-electron chi connectivity index (χ0n) is 15.5. The number of aromatic nitrogens is 1. The summed E-state index contributed by atoms with van der Waals surface area (Å²) in [6, 6.07) is 11.9. The number of hydrogen-bond donors (Lipinski definition) is 1. The Hall–Kier alpha value is -2.05. The van der Waals surface area contributed by atoms with Crippen LogP contribution in [-0.4, -0.2) is 50.2 Å². The van der Waals surface area contributed by atoms with Gasteiger partial charge in [0.1, 0.15) is 5.82 Å². The minimum atomic E-state index is -1.32. The number of rotatable bonds is 3. The number of benzene rings is 1. The number of pyridine rings is 1. The summed E-state index contributed by atoms with van der Waals surface area (Å²) in [5, 5.41) is 5.03. The molecule has 0 spiro atoms. The van der Waals surface area contributed by atoms with Crippen LogP contribution in [0, 0.1) is 0 Å². The second-order valence-electron chi connectivity index (χ2n) is 7.54. The Morgan fingerprint density at radius 1 is 1.08 bits per heavy atom. The highest BCUT2D eigenvalue weighted by Crippen LogP contribution is 2.23. The third-order valence-electron chi connectivity index (χ3n) is 4.61. The van der Waals surface area contributed by atoms with E-state index >= 15 is 0 Å². The van der Waals surface area contributed by atoms with Crippen LogP contribution < -0.4 is 15.4 Å². The average molecular weight is 389 g/mol. The Morgan fingerprint density at radius 3 is 2.31 bits per heavy atom. The molecule has 1 saturated heterocycles. The van der Waals surface area contributed by atoms with Gasteiger partial charge in [0.2, 0.25) is 0 Å². The first-order chi connectivity index (χ1) is 12.3. The number of halogens is 1. The number of carbonyl (C=O) groups is 1. The fourth-order valence-electron chi connectivity index (χ4n) is 2.99. The molecule has 7 heteroatoms. The summed E-state index contributed by atoms with van der Waals surface area (Å²) in [5.74, 6) is 0.788. The SMILES string of the molecule is C[Si](C)(C)c1ccc(NC(=O)N2CCN(c3ncccc3Cl)CC2)cc1. The van der Waals surface area contributed by atoms with E-state index < -0.39 is 8.07 Å². The summed E-state index contributed by atoms with van der Waals surface area (Å²) in [7, 11) is -1.32. The molecule has 5 nitrogen and oxygen atoms in total. The fraction of sp³-hybridized carbons (Fsp3) is 0.368. The lowest BCUT2D eigenvalue weighted by Gasteiger charge is -2.35. The molecule has 0 atom stereocenters. The maximum atomic E-state index is 12.5. The summed E-state index contributed by atoms with van der Waals surface area (Å²) in [4.78, 5) is 20.8. The normalized spacial score (nSPS) is 15.1. The van der Waals surface area contributed by atoms with Crippen molar-refractivity contribution >= 4 is 42.4 Å². The van der Waals surface area contributed by atoms with Crippen LogP contribution in [0.1, 0.15) is 0 Å². The molecule has 1 N–H and O–H groups in total. The summed E-state index contributed by atoms with van der Waals surface area (Å²) in [6.45, 7) is 9.67. The first-order valence-electron chi connectivity index (χ1n) is 8.86. The highest BCUT2D eigenvalue weighted by atomic mass is 35.5. The van der Waals surface area contributed by atoms with Crippen LogP contribution in [0.4, 0.5) is 16.3 Å². The molecule has 2 heterocycles. The molecular formula is C19H25ClN4OSi. The standard InChI is InChI=1S/C19H25ClN4OSi/c1-26(2,3)16-8-6-15(7-9-16)22-19(25)24-13-11-23(12-14-24)18-17(20)5-4-10-21-18/h4-10H,11-14H2,1-3H3,(H,22,25). The van der Waals surface area contributed by atoms with Crippen molar-refractivity contribution in [2.45, 2.75) is 19.6 Å². The van der Waals surface area contributed by atoms with Crippen LogP contribution in [0.3, 0.4) is 0 Å². The zero-order valence-corrected chi connectivity index (χ0v) is 17.3. The second kappa shape index (κ2) is 7.68. The van der Waals surface area contributed by atoms with Crippen molar-refractivity contribution in [1.29, 1.82) is 0 Å². The molecule has 3 rings (SSSR count). The van der Waals surface area contributed by atoms with Crippen molar-refractivity contribution in [3.63, 3.8) is 0 Å². The van der Waals surface area contributed by atoms with Gasteiger partial charge in [-0.1, -0.05) is 48.6 Å². The van der Waals surface area contributed by atoms with Gasteiger partial charge in [-0.3, -0.25) is 0 Å². The van der Waals surface area contributed by atoms with Crippen molar-refractivity contribution in [2.75, 3.05) is 36.4 Å². The molecule has 26 heavy (non-hydrogen) atoms. The number of piperazine rings is 1. The van der Waals surface area contributed by atoms with Gasteiger partial charge in [0, 0.05) is 38.1 Å². The van der Waals surface area contributed by atoms with Crippen LogP contribution in [-0.2, 0) is 0 Å². The van der Waals surface area contributed by atoms with Gasteiger partial charge >= 0.3 is 6.03 Å². The lowest BCUT2D eigenvalue weighted by Crippen LogP contribution is -2.50. The monoisotopic (exact) mass is 388 g/mol. The van der Waals surface area contributed by atoms with Crippen molar-refractivity contribution < 1.29 is 4.79 Å². The zero-order chi connectivity index (χ0) is 18.7. The van der Waals surface area contributed by atoms with Gasteiger partial charge in [0.05, 0.1) is 13.1 Å². The van der Waals surface area contributed by atoms with E-state index in [0.29, 0.717) is 18.1 Å². The third-order valence-corrected chi connectivity index (χ3v) is 6.97. The number of nitrogens with one attached hydrogen (secondary N) is 1. The molecule has 138 valence electrons. The molecule has 0 unspecified atom stereocenters. The highest BCUT2D eigenvalue weighted by molar-refractivity contribution is 6.88. The first kappa shape index (κ1) is 18.7. The van der Waals surface area contributed by atoms with Gasteiger partial charge in [-0.25, -0.2) is 9.78 Å². The maximum Gasteiger partial charge on any atom is 0.321 e. The number of anilines is 2. The van der Waals surface area contributed by atoms with Crippen LogP contribution in [0.25, 0.3) is 0 Å².